The predicted molar refractivity (Wildman–Crippen MR) is 107 cm³/mol. The van der Waals surface area contributed by atoms with Crippen LogP contribution in [-0.4, -0.2) is 35.6 Å². The second-order valence-corrected chi connectivity index (χ2v) is 5.52. The molecule has 1 heterocycles. The quantitative estimate of drug-likeness (QED) is 0.278. The van der Waals surface area contributed by atoms with Crippen LogP contribution in [-0.2, 0) is 0 Å². The Morgan fingerprint density at radius 2 is 1.92 bits per heavy atom. The summed E-state index contributed by atoms with van der Waals surface area (Å²) in [6.45, 7) is 13.9. The van der Waals surface area contributed by atoms with Crippen molar-refractivity contribution in [3.05, 3.63) is 80.2 Å². The van der Waals surface area contributed by atoms with Crippen LogP contribution >= 0.6 is 0 Å². The number of ketones is 1. The monoisotopic (exact) mass is 345 g/mol. The summed E-state index contributed by atoms with van der Waals surface area (Å²) in [6, 6.07) is 9.42. The summed E-state index contributed by atoms with van der Waals surface area (Å²) < 4.78 is 0. The molecule has 0 atom stereocenters. The zero-order valence-corrected chi connectivity index (χ0v) is 16.9. The van der Waals surface area contributed by atoms with E-state index in [1.165, 1.54) is 0 Å². The van der Waals surface area contributed by atoms with Gasteiger partial charge in [-0.2, -0.15) is 13.0 Å². The zero-order chi connectivity index (χ0) is 18.1. The maximum atomic E-state index is 11.3. The molecule has 0 aliphatic rings. The molecule has 0 radical (unpaired) electrons. The van der Waals surface area contributed by atoms with Crippen molar-refractivity contribution in [2.24, 2.45) is 4.99 Å². The Balaban J connectivity index is 0. The van der Waals surface area contributed by atoms with Gasteiger partial charge in [0.2, 0.25) is 0 Å². The molecule has 0 spiro atoms. The Hall–Kier alpha value is -2.15. The third-order valence-corrected chi connectivity index (χ3v) is 3.46. The van der Waals surface area contributed by atoms with Gasteiger partial charge in [0.25, 0.3) is 0 Å². The fraction of sp³-hybridized carbons (Fsp3) is 0.238. The third kappa shape index (κ3) is 8.80. The van der Waals surface area contributed by atoms with Crippen LogP contribution in [0.2, 0.25) is 0 Å². The predicted octanol–water partition coefficient (Wildman–Crippen LogP) is 1.65. The molecule has 0 unspecified atom stereocenters. The van der Waals surface area contributed by atoms with E-state index < -0.39 is 0 Å². The number of aryl methyl sites for hydroxylation is 2. The molecular weight excluding hydrogens is 317 g/mol. The second-order valence-electron chi connectivity index (χ2n) is 5.52. The number of hydrogen-bond donors (Lipinski definition) is 0. The first-order chi connectivity index (χ1) is 11.3. The van der Waals surface area contributed by atoms with Gasteiger partial charge in [-0.3, -0.25) is 4.98 Å². The standard InChI is InChI=1S/C14H19N2O.C6H6N.CH3.Li/c1-6-16(5)9-15-14-8-10(2)13(12(4)17)7-11(14)3;1-6-4-2-3-5-7-6;;/h7-9H,4,6H2,1-3,5H3;2-5H,1H2;1H3;/q3*-1;+1. The van der Waals surface area contributed by atoms with Crippen molar-refractivity contribution in [2.75, 3.05) is 13.6 Å². The van der Waals surface area contributed by atoms with Crippen molar-refractivity contribution in [1.29, 1.82) is 0 Å². The molecule has 0 aliphatic carbocycles. The van der Waals surface area contributed by atoms with E-state index in [2.05, 4.69) is 30.7 Å². The van der Waals surface area contributed by atoms with Crippen molar-refractivity contribution in [1.82, 2.24) is 9.88 Å². The van der Waals surface area contributed by atoms with Gasteiger partial charge >= 0.3 is 18.9 Å². The fourth-order valence-corrected chi connectivity index (χ4v) is 1.88. The third-order valence-electron chi connectivity index (χ3n) is 3.46. The topological polar surface area (TPSA) is 45.6 Å². The van der Waals surface area contributed by atoms with E-state index in [0.717, 1.165) is 29.1 Å². The van der Waals surface area contributed by atoms with Crippen LogP contribution in [0.15, 0.2) is 41.5 Å². The number of pyridine rings is 1. The summed E-state index contributed by atoms with van der Waals surface area (Å²) in [7, 11) is 1.97. The van der Waals surface area contributed by atoms with E-state index in [4.69, 9.17) is 0 Å². The van der Waals surface area contributed by atoms with Crippen LogP contribution in [0.5, 0.6) is 0 Å². The summed E-state index contributed by atoms with van der Waals surface area (Å²) >= 11 is 0. The summed E-state index contributed by atoms with van der Waals surface area (Å²) in [4.78, 5) is 21.6. The van der Waals surface area contributed by atoms with Crippen LogP contribution in [0.3, 0.4) is 0 Å². The number of carbonyl (C=O) groups is 1. The summed E-state index contributed by atoms with van der Waals surface area (Å²) in [6.07, 6.45) is 3.52. The van der Waals surface area contributed by atoms with Crippen LogP contribution in [0.4, 0.5) is 5.69 Å². The van der Waals surface area contributed by atoms with Crippen LogP contribution in [0.25, 0.3) is 0 Å². The smallest absolute Gasteiger partial charge is 0.366 e. The van der Waals surface area contributed by atoms with E-state index in [-0.39, 0.29) is 32.1 Å². The maximum absolute atomic E-state index is 11.3. The van der Waals surface area contributed by atoms with Gasteiger partial charge in [-0.05, 0) is 19.4 Å². The number of aliphatic imine (C=N–C) groups is 1. The number of rotatable bonds is 4. The molecule has 0 saturated carbocycles. The molecule has 136 valence electrons. The number of benzene rings is 1. The average molecular weight is 345 g/mol. The van der Waals surface area contributed by atoms with Gasteiger partial charge in [0, 0.05) is 25.6 Å². The van der Waals surface area contributed by atoms with Crippen molar-refractivity contribution < 1.29 is 23.7 Å². The molecule has 0 saturated heterocycles. The van der Waals surface area contributed by atoms with Crippen LogP contribution < -0.4 is 18.9 Å². The molecule has 0 aliphatic heterocycles. The van der Waals surface area contributed by atoms with Gasteiger partial charge in [0.1, 0.15) is 0 Å². The van der Waals surface area contributed by atoms with E-state index in [9.17, 15) is 4.79 Å². The first-order valence-electron chi connectivity index (χ1n) is 7.80. The summed E-state index contributed by atoms with van der Waals surface area (Å²) in [5.74, 6) is -0.146. The maximum Gasteiger partial charge on any atom is 1.00 e. The van der Waals surface area contributed by atoms with Gasteiger partial charge < -0.3 is 17.1 Å². The van der Waals surface area contributed by atoms with E-state index in [1.54, 1.807) is 12.5 Å². The number of carbonyl (C=O) groups excluding carboxylic acids is 1. The minimum atomic E-state index is -0.146. The molecule has 2 rings (SSSR count). The van der Waals surface area contributed by atoms with E-state index >= 15 is 0 Å². The van der Waals surface area contributed by atoms with Crippen molar-refractivity contribution in [3.63, 3.8) is 0 Å². The number of aromatic nitrogens is 1. The van der Waals surface area contributed by atoms with Gasteiger partial charge in [-0.1, -0.05) is 19.1 Å². The molecule has 1 aromatic carbocycles. The molecule has 26 heavy (non-hydrogen) atoms. The second kappa shape index (κ2) is 13.1. The van der Waals surface area contributed by atoms with Crippen molar-refractivity contribution >= 4 is 17.8 Å². The largest absolute Gasteiger partial charge is 1.00 e. The summed E-state index contributed by atoms with van der Waals surface area (Å²) in [5.41, 5.74) is 4.30. The molecule has 4 nitrogen and oxygen atoms in total. The molecule has 0 bridgehead atoms. The SMILES string of the molecule is [CH2-]C(=O)c1cc(C)c(N=CN(C)CC)cc1C.[CH2-]c1ccccn1.[CH3-].[Li+]. The Morgan fingerprint density at radius 3 is 2.35 bits per heavy atom. The average Bonchev–Trinajstić information content (AvgIpc) is 2.56. The Bertz CT molecular complexity index is 700. The van der Waals surface area contributed by atoms with E-state index in [0.29, 0.717) is 5.56 Å². The van der Waals surface area contributed by atoms with Crippen LogP contribution in [0.1, 0.15) is 34.1 Å². The molecule has 2 aromatic rings. The Kier molecular flexibility index (Phi) is 13.1. The zero-order valence-electron chi connectivity index (χ0n) is 16.9. The van der Waals surface area contributed by atoms with Gasteiger partial charge in [0.05, 0.1) is 12.0 Å². The fourth-order valence-electron chi connectivity index (χ4n) is 1.88. The molecule has 5 heteroatoms. The first-order valence-corrected chi connectivity index (χ1v) is 7.80. The minimum absolute atomic E-state index is 0. The number of Topliss-reactive ketones (excluding diaryl/α,β-unsaturated/α-hetero) is 1. The van der Waals surface area contributed by atoms with Gasteiger partial charge in [0.15, 0.2) is 0 Å². The van der Waals surface area contributed by atoms with Gasteiger partial charge in [-0.15, -0.1) is 29.0 Å². The summed E-state index contributed by atoms with van der Waals surface area (Å²) in [5, 5.41) is 0. The Labute approximate surface area is 170 Å². The van der Waals surface area contributed by atoms with Crippen LogP contribution in [0, 0.1) is 35.1 Å². The molecule has 1 aromatic heterocycles. The van der Waals surface area contributed by atoms with Crippen molar-refractivity contribution in [2.45, 2.75) is 20.8 Å². The van der Waals surface area contributed by atoms with Crippen molar-refractivity contribution in [3.8, 4) is 0 Å². The van der Waals surface area contributed by atoms with Gasteiger partial charge in [-0.25, -0.2) is 11.9 Å². The number of hydrogen-bond acceptors (Lipinski definition) is 3. The van der Waals surface area contributed by atoms with E-state index in [1.807, 2.05) is 56.1 Å². The number of nitrogens with zero attached hydrogens (tertiary/aromatic N) is 3. The molecular formula is C21H28LiN3O-2. The minimum Gasteiger partial charge on any atom is -0.366 e. The molecule has 0 N–H and O–H groups in total. The molecule has 0 amide bonds. The Morgan fingerprint density at radius 1 is 1.27 bits per heavy atom. The normalized spacial score (nSPS) is 9.38. The first kappa shape index (κ1) is 26.1. The molecule has 0 fully saturated rings.